The van der Waals surface area contributed by atoms with E-state index in [0.29, 0.717) is 17.9 Å². The van der Waals surface area contributed by atoms with Crippen LogP contribution in [0, 0.1) is 11.3 Å². The molecule has 118 valence electrons. The lowest BCUT2D eigenvalue weighted by Gasteiger charge is -2.27. The van der Waals surface area contributed by atoms with Gasteiger partial charge in [0.05, 0.1) is 6.07 Å². The molecule has 2 N–H and O–H groups in total. The SMILES string of the molecule is C=CCC(C#N)(c1ccc(OCc2ccccc2)cc1)C(O)O. The first kappa shape index (κ1) is 16.8. The first-order valence-corrected chi connectivity index (χ1v) is 7.28. The lowest BCUT2D eigenvalue weighted by atomic mass is 9.78. The van der Waals surface area contributed by atoms with Crippen LogP contribution in [-0.2, 0) is 12.0 Å². The zero-order chi connectivity index (χ0) is 16.7. The number of hydrogen-bond acceptors (Lipinski definition) is 4. The van der Waals surface area contributed by atoms with Gasteiger partial charge >= 0.3 is 0 Å². The van der Waals surface area contributed by atoms with Crippen LogP contribution in [0.2, 0.25) is 0 Å². The number of allylic oxidation sites excluding steroid dienone is 1. The van der Waals surface area contributed by atoms with Crippen LogP contribution in [0.25, 0.3) is 0 Å². The number of hydrogen-bond donors (Lipinski definition) is 2. The Hall–Kier alpha value is -2.61. The van der Waals surface area contributed by atoms with Gasteiger partial charge in [0.1, 0.15) is 17.8 Å². The highest BCUT2D eigenvalue weighted by molar-refractivity contribution is 5.38. The van der Waals surface area contributed by atoms with Crippen molar-refractivity contribution in [2.75, 3.05) is 0 Å². The van der Waals surface area contributed by atoms with Crippen molar-refractivity contribution in [3.63, 3.8) is 0 Å². The molecule has 0 aromatic heterocycles. The van der Waals surface area contributed by atoms with Crippen LogP contribution in [0.1, 0.15) is 17.5 Å². The molecule has 23 heavy (non-hydrogen) atoms. The summed E-state index contributed by atoms with van der Waals surface area (Å²) < 4.78 is 5.69. The summed E-state index contributed by atoms with van der Waals surface area (Å²) in [5.41, 5.74) is 0.155. The number of nitrogens with zero attached hydrogens (tertiary/aromatic N) is 1. The molecule has 0 aliphatic heterocycles. The maximum atomic E-state index is 9.62. The maximum Gasteiger partial charge on any atom is 0.174 e. The zero-order valence-corrected chi connectivity index (χ0v) is 12.7. The van der Waals surface area contributed by atoms with E-state index < -0.39 is 11.7 Å². The topological polar surface area (TPSA) is 73.5 Å². The molecule has 2 rings (SSSR count). The Labute approximate surface area is 135 Å². The lowest BCUT2D eigenvalue weighted by Crippen LogP contribution is -2.37. The molecule has 0 saturated carbocycles. The molecule has 0 aliphatic carbocycles. The highest BCUT2D eigenvalue weighted by atomic mass is 16.5. The molecule has 0 spiro atoms. The third-order valence-electron chi connectivity index (χ3n) is 3.72. The Kier molecular flexibility index (Phi) is 5.53. The quantitative estimate of drug-likeness (QED) is 0.609. The fraction of sp³-hybridized carbons (Fsp3) is 0.211. The second-order valence-corrected chi connectivity index (χ2v) is 5.25. The van der Waals surface area contributed by atoms with Crippen LogP contribution in [0.4, 0.5) is 0 Å². The molecule has 0 radical (unpaired) electrons. The Morgan fingerprint density at radius 3 is 2.30 bits per heavy atom. The fourth-order valence-electron chi connectivity index (χ4n) is 2.36. The number of ether oxygens (including phenoxy) is 1. The van der Waals surface area contributed by atoms with E-state index in [-0.39, 0.29) is 6.42 Å². The fourth-order valence-corrected chi connectivity index (χ4v) is 2.36. The molecule has 0 aliphatic rings. The number of benzene rings is 2. The van der Waals surface area contributed by atoms with Crippen LogP contribution in [0.3, 0.4) is 0 Å². The van der Waals surface area contributed by atoms with Crippen molar-refractivity contribution < 1.29 is 14.9 Å². The normalized spacial score (nSPS) is 13.1. The van der Waals surface area contributed by atoms with Gasteiger partial charge in [0.2, 0.25) is 0 Å². The van der Waals surface area contributed by atoms with E-state index in [1.165, 1.54) is 6.08 Å². The van der Waals surface area contributed by atoms with Gasteiger partial charge in [-0.1, -0.05) is 48.5 Å². The van der Waals surface area contributed by atoms with E-state index in [1.54, 1.807) is 24.3 Å². The van der Waals surface area contributed by atoms with Crippen molar-refractivity contribution in [3.8, 4) is 11.8 Å². The van der Waals surface area contributed by atoms with Gasteiger partial charge in [-0.3, -0.25) is 0 Å². The average molecular weight is 309 g/mol. The second-order valence-electron chi connectivity index (χ2n) is 5.25. The minimum absolute atomic E-state index is 0.144. The standard InChI is InChI=1S/C19H19NO3/c1-2-12-19(14-20,18(21)22)16-8-10-17(11-9-16)23-13-15-6-4-3-5-7-15/h2-11,18,21-22H,1,12-13H2. The van der Waals surface area contributed by atoms with Gasteiger partial charge in [-0.05, 0) is 29.7 Å². The molecule has 4 nitrogen and oxygen atoms in total. The molecular formula is C19H19NO3. The van der Waals surface area contributed by atoms with E-state index in [0.717, 1.165) is 5.56 Å². The van der Waals surface area contributed by atoms with E-state index >= 15 is 0 Å². The van der Waals surface area contributed by atoms with Crippen molar-refractivity contribution >= 4 is 0 Å². The summed E-state index contributed by atoms with van der Waals surface area (Å²) in [5, 5.41) is 28.6. The summed E-state index contributed by atoms with van der Waals surface area (Å²) in [5.74, 6) is 0.649. The molecule has 4 heteroatoms. The van der Waals surface area contributed by atoms with E-state index in [4.69, 9.17) is 4.74 Å². The molecule has 2 aromatic carbocycles. The summed E-state index contributed by atoms with van der Waals surface area (Å²) in [6.45, 7) is 4.03. The third-order valence-corrected chi connectivity index (χ3v) is 3.72. The number of rotatable bonds is 7. The van der Waals surface area contributed by atoms with E-state index in [9.17, 15) is 15.5 Å². The van der Waals surface area contributed by atoms with E-state index in [1.807, 2.05) is 36.4 Å². The molecular weight excluding hydrogens is 290 g/mol. The summed E-state index contributed by atoms with van der Waals surface area (Å²) in [7, 11) is 0. The lowest BCUT2D eigenvalue weighted by molar-refractivity contribution is -0.0818. The van der Waals surface area contributed by atoms with Crippen LogP contribution in [-0.4, -0.2) is 16.5 Å². The van der Waals surface area contributed by atoms with Crippen molar-refractivity contribution in [1.82, 2.24) is 0 Å². The summed E-state index contributed by atoms with van der Waals surface area (Å²) in [6.07, 6.45) is -0.144. The first-order valence-electron chi connectivity index (χ1n) is 7.28. The number of aliphatic hydroxyl groups excluding tert-OH is 1. The average Bonchev–Trinajstić information content (AvgIpc) is 2.59. The molecule has 1 atom stereocenters. The third kappa shape index (κ3) is 3.78. The molecule has 0 heterocycles. The number of aliphatic hydroxyl groups is 2. The summed E-state index contributed by atoms with van der Waals surface area (Å²) in [4.78, 5) is 0. The van der Waals surface area contributed by atoms with Crippen molar-refractivity contribution in [1.29, 1.82) is 5.26 Å². The molecule has 0 bridgehead atoms. The summed E-state index contributed by atoms with van der Waals surface area (Å²) >= 11 is 0. The minimum Gasteiger partial charge on any atom is -0.489 e. The van der Waals surface area contributed by atoms with Crippen molar-refractivity contribution in [2.24, 2.45) is 0 Å². The highest BCUT2D eigenvalue weighted by Gasteiger charge is 2.38. The Morgan fingerprint density at radius 2 is 1.78 bits per heavy atom. The zero-order valence-electron chi connectivity index (χ0n) is 12.7. The molecule has 0 fully saturated rings. The predicted octanol–water partition coefficient (Wildman–Crippen LogP) is 2.91. The molecule has 0 saturated heterocycles. The van der Waals surface area contributed by atoms with Crippen LogP contribution >= 0.6 is 0 Å². The van der Waals surface area contributed by atoms with Gasteiger partial charge in [-0.2, -0.15) is 5.26 Å². The molecule has 0 amide bonds. The van der Waals surface area contributed by atoms with Gasteiger partial charge in [0.15, 0.2) is 6.29 Å². The van der Waals surface area contributed by atoms with Gasteiger partial charge < -0.3 is 14.9 Å². The monoisotopic (exact) mass is 309 g/mol. The van der Waals surface area contributed by atoms with Gasteiger partial charge in [-0.15, -0.1) is 6.58 Å². The number of nitriles is 1. The Bertz CT molecular complexity index is 674. The second kappa shape index (κ2) is 7.59. The summed E-state index contributed by atoms with van der Waals surface area (Å²) in [6, 6.07) is 18.6. The maximum absolute atomic E-state index is 9.62. The van der Waals surface area contributed by atoms with Gasteiger partial charge in [0.25, 0.3) is 0 Å². The first-order chi connectivity index (χ1) is 11.1. The van der Waals surface area contributed by atoms with Gasteiger partial charge in [0, 0.05) is 0 Å². The van der Waals surface area contributed by atoms with Crippen LogP contribution in [0.15, 0.2) is 67.3 Å². The van der Waals surface area contributed by atoms with Crippen LogP contribution < -0.4 is 4.74 Å². The Balaban J connectivity index is 2.15. The minimum atomic E-state index is -1.79. The smallest absolute Gasteiger partial charge is 0.174 e. The van der Waals surface area contributed by atoms with Crippen molar-refractivity contribution in [3.05, 3.63) is 78.4 Å². The predicted molar refractivity (Wildman–Crippen MR) is 87.5 cm³/mol. The largest absolute Gasteiger partial charge is 0.489 e. The van der Waals surface area contributed by atoms with Gasteiger partial charge in [-0.25, -0.2) is 0 Å². The highest BCUT2D eigenvalue weighted by Crippen LogP contribution is 2.32. The molecule has 1 unspecified atom stereocenters. The Morgan fingerprint density at radius 1 is 1.13 bits per heavy atom. The van der Waals surface area contributed by atoms with Crippen molar-refractivity contribution in [2.45, 2.75) is 24.7 Å². The van der Waals surface area contributed by atoms with Crippen LogP contribution in [0.5, 0.6) is 5.75 Å². The molecule has 2 aromatic rings. The van der Waals surface area contributed by atoms with E-state index in [2.05, 4.69) is 6.58 Å².